The number of nitrogens with two attached hydrogens (primary N) is 1. The summed E-state index contributed by atoms with van der Waals surface area (Å²) in [6, 6.07) is 18.4. The van der Waals surface area contributed by atoms with Crippen LogP contribution in [0.2, 0.25) is 0 Å². The average Bonchev–Trinajstić information content (AvgIpc) is 2.89. The van der Waals surface area contributed by atoms with Crippen LogP contribution in [-0.2, 0) is 19.1 Å². The van der Waals surface area contributed by atoms with Crippen molar-refractivity contribution in [1.82, 2.24) is 10.2 Å². The molecule has 0 heterocycles. The van der Waals surface area contributed by atoms with Crippen LogP contribution in [0.1, 0.15) is 64.1 Å². The number of primary amides is 1. The molecule has 0 saturated heterocycles. The van der Waals surface area contributed by atoms with E-state index in [9.17, 15) is 19.2 Å². The lowest BCUT2D eigenvalue weighted by molar-refractivity contribution is -0.142. The third-order valence-corrected chi connectivity index (χ3v) is 6.49. The molecule has 0 spiro atoms. The molecule has 41 heavy (non-hydrogen) atoms. The number of aryl methyl sites for hydroxylation is 1. The first-order valence-corrected chi connectivity index (χ1v) is 13.8. The van der Waals surface area contributed by atoms with Gasteiger partial charge in [-0.15, -0.1) is 0 Å². The Bertz CT molecular complexity index is 1400. The largest absolute Gasteiger partial charge is 0.444 e. The summed E-state index contributed by atoms with van der Waals surface area (Å²) in [5.41, 5.74) is 6.67. The zero-order valence-corrected chi connectivity index (χ0v) is 24.4. The molecule has 2 unspecified atom stereocenters. The van der Waals surface area contributed by atoms with Crippen molar-refractivity contribution in [3.8, 4) is 0 Å². The predicted molar refractivity (Wildman–Crippen MR) is 160 cm³/mol. The normalized spacial score (nSPS) is 12.7. The molecule has 0 aromatic heterocycles. The molecule has 0 fully saturated rings. The van der Waals surface area contributed by atoms with E-state index in [2.05, 4.69) is 10.6 Å². The van der Waals surface area contributed by atoms with Gasteiger partial charge in [-0.2, -0.15) is 0 Å². The Labute approximate surface area is 241 Å². The molecule has 0 aliphatic rings. The number of amides is 4. The van der Waals surface area contributed by atoms with Gasteiger partial charge in [-0.05, 0) is 68.1 Å². The SMILES string of the molecule is CCCCN(C(=O)C(CC(N)=O)NC(=O)OC(C)(C)C)C(C(=O)Nc1ccc2ccccc2c1)c1ccccc1C. The van der Waals surface area contributed by atoms with Gasteiger partial charge >= 0.3 is 6.09 Å². The standard InChI is InChI=1S/C32H40N4O5/c1-6-7-18-36(30(39)26(20-27(33)37)35-31(40)41-32(3,4)5)28(25-15-11-8-12-21(25)2)29(38)34-24-17-16-22-13-9-10-14-23(22)19-24/h8-17,19,26,28H,6-7,18,20H2,1-5H3,(H2,33,37)(H,34,38)(H,35,40). The molecule has 218 valence electrons. The molecule has 0 radical (unpaired) electrons. The lowest BCUT2D eigenvalue weighted by Crippen LogP contribution is -2.53. The van der Waals surface area contributed by atoms with Gasteiger partial charge in [-0.1, -0.05) is 67.9 Å². The summed E-state index contributed by atoms with van der Waals surface area (Å²) >= 11 is 0. The molecular weight excluding hydrogens is 520 g/mol. The van der Waals surface area contributed by atoms with E-state index < -0.39 is 47.9 Å². The first kappa shape index (κ1) is 31.1. The maximum atomic E-state index is 14.1. The van der Waals surface area contributed by atoms with Crippen molar-refractivity contribution in [2.75, 3.05) is 11.9 Å². The lowest BCUT2D eigenvalue weighted by Gasteiger charge is -2.35. The van der Waals surface area contributed by atoms with Crippen molar-refractivity contribution < 1.29 is 23.9 Å². The molecule has 4 N–H and O–H groups in total. The van der Waals surface area contributed by atoms with Crippen LogP contribution in [0.25, 0.3) is 10.8 Å². The van der Waals surface area contributed by atoms with E-state index >= 15 is 0 Å². The molecular formula is C32H40N4O5. The Morgan fingerprint density at radius 1 is 0.951 bits per heavy atom. The molecule has 0 saturated carbocycles. The first-order valence-electron chi connectivity index (χ1n) is 13.8. The lowest BCUT2D eigenvalue weighted by atomic mass is 9.97. The fourth-order valence-corrected chi connectivity index (χ4v) is 4.57. The molecule has 4 amide bonds. The maximum Gasteiger partial charge on any atom is 0.408 e. The van der Waals surface area contributed by atoms with Gasteiger partial charge < -0.3 is 26.0 Å². The number of nitrogens with one attached hydrogen (secondary N) is 2. The number of ether oxygens (including phenoxy) is 1. The number of nitrogens with zero attached hydrogens (tertiary/aromatic N) is 1. The summed E-state index contributed by atoms with van der Waals surface area (Å²) in [6.45, 7) is 9.13. The fraction of sp³-hybridized carbons (Fsp3) is 0.375. The van der Waals surface area contributed by atoms with E-state index in [-0.39, 0.29) is 6.54 Å². The highest BCUT2D eigenvalue weighted by Crippen LogP contribution is 2.28. The van der Waals surface area contributed by atoms with Crippen molar-refractivity contribution in [2.45, 2.75) is 71.6 Å². The van der Waals surface area contributed by atoms with E-state index in [0.29, 0.717) is 17.7 Å². The van der Waals surface area contributed by atoms with E-state index in [1.807, 2.05) is 68.4 Å². The molecule has 0 aliphatic carbocycles. The van der Waals surface area contributed by atoms with Crippen LogP contribution in [0.15, 0.2) is 66.7 Å². The number of carbonyl (C=O) groups is 4. The van der Waals surface area contributed by atoms with Crippen LogP contribution in [0.3, 0.4) is 0 Å². The monoisotopic (exact) mass is 560 g/mol. The Morgan fingerprint density at radius 2 is 1.61 bits per heavy atom. The van der Waals surface area contributed by atoms with E-state index in [4.69, 9.17) is 10.5 Å². The number of benzene rings is 3. The van der Waals surface area contributed by atoms with Crippen LogP contribution in [-0.4, -0.2) is 46.9 Å². The van der Waals surface area contributed by atoms with Gasteiger partial charge in [-0.25, -0.2) is 4.79 Å². The summed E-state index contributed by atoms with van der Waals surface area (Å²) in [6.07, 6.45) is 0.0255. The van der Waals surface area contributed by atoms with E-state index in [1.165, 1.54) is 4.90 Å². The molecule has 3 rings (SSSR count). The molecule has 0 aliphatic heterocycles. The molecule has 3 aromatic rings. The fourth-order valence-electron chi connectivity index (χ4n) is 4.57. The average molecular weight is 561 g/mol. The van der Waals surface area contributed by atoms with Crippen LogP contribution in [0.4, 0.5) is 10.5 Å². The Hall–Kier alpha value is -4.40. The van der Waals surface area contributed by atoms with Crippen molar-refractivity contribution in [3.05, 3.63) is 77.9 Å². The summed E-state index contributed by atoms with van der Waals surface area (Å²) in [5.74, 6) is -1.80. The van der Waals surface area contributed by atoms with Gasteiger partial charge in [-0.3, -0.25) is 14.4 Å². The second kappa shape index (κ2) is 13.8. The highest BCUT2D eigenvalue weighted by molar-refractivity contribution is 6.01. The summed E-state index contributed by atoms with van der Waals surface area (Å²) in [5, 5.41) is 7.48. The molecule has 9 heteroatoms. The Morgan fingerprint density at radius 3 is 2.24 bits per heavy atom. The maximum absolute atomic E-state index is 14.1. The number of hydrogen-bond acceptors (Lipinski definition) is 5. The minimum Gasteiger partial charge on any atom is -0.444 e. The first-order chi connectivity index (χ1) is 19.4. The Kier molecular flexibility index (Phi) is 10.5. The van der Waals surface area contributed by atoms with Crippen molar-refractivity contribution in [2.24, 2.45) is 5.73 Å². The van der Waals surface area contributed by atoms with Gasteiger partial charge in [0.2, 0.25) is 11.8 Å². The highest BCUT2D eigenvalue weighted by Gasteiger charge is 2.37. The third-order valence-electron chi connectivity index (χ3n) is 6.49. The topological polar surface area (TPSA) is 131 Å². The van der Waals surface area contributed by atoms with E-state index in [0.717, 1.165) is 22.8 Å². The van der Waals surface area contributed by atoms with Gasteiger partial charge in [0.15, 0.2) is 0 Å². The second-order valence-corrected chi connectivity index (χ2v) is 11.1. The van der Waals surface area contributed by atoms with Gasteiger partial charge in [0.25, 0.3) is 5.91 Å². The number of fused-ring (bicyclic) bond motifs is 1. The minimum absolute atomic E-state index is 0.213. The quantitative estimate of drug-likeness (QED) is 0.296. The Balaban J connectivity index is 2.03. The van der Waals surface area contributed by atoms with Crippen molar-refractivity contribution >= 4 is 40.3 Å². The summed E-state index contributed by atoms with van der Waals surface area (Å²) in [7, 11) is 0. The minimum atomic E-state index is -1.32. The van der Waals surface area contributed by atoms with Crippen LogP contribution >= 0.6 is 0 Å². The van der Waals surface area contributed by atoms with Gasteiger partial charge in [0, 0.05) is 12.2 Å². The molecule has 2 atom stereocenters. The van der Waals surface area contributed by atoms with Gasteiger partial charge in [0.1, 0.15) is 17.7 Å². The predicted octanol–water partition coefficient (Wildman–Crippen LogP) is 5.23. The highest BCUT2D eigenvalue weighted by atomic mass is 16.6. The number of carbonyl (C=O) groups excluding carboxylic acids is 4. The van der Waals surface area contributed by atoms with Gasteiger partial charge in [0.05, 0.1) is 6.42 Å². The number of anilines is 1. The van der Waals surface area contributed by atoms with Crippen LogP contribution in [0.5, 0.6) is 0 Å². The summed E-state index contributed by atoms with van der Waals surface area (Å²) < 4.78 is 5.33. The summed E-state index contributed by atoms with van der Waals surface area (Å²) in [4.78, 5) is 54.2. The van der Waals surface area contributed by atoms with Crippen molar-refractivity contribution in [3.63, 3.8) is 0 Å². The number of unbranched alkanes of at least 4 members (excludes halogenated alkanes) is 1. The zero-order chi connectivity index (χ0) is 30.2. The number of hydrogen-bond donors (Lipinski definition) is 3. The second-order valence-electron chi connectivity index (χ2n) is 11.1. The van der Waals surface area contributed by atoms with Crippen LogP contribution < -0.4 is 16.4 Å². The number of alkyl carbamates (subject to hydrolysis) is 1. The molecule has 0 bridgehead atoms. The molecule has 3 aromatic carbocycles. The zero-order valence-electron chi connectivity index (χ0n) is 24.4. The van der Waals surface area contributed by atoms with E-state index in [1.54, 1.807) is 32.9 Å². The van der Waals surface area contributed by atoms with Crippen molar-refractivity contribution in [1.29, 1.82) is 0 Å². The van der Waals surface area contributed by atoms with Crippen LogP contribution in [0, 0.1) is 6.92 Å². The number of rotatable bonds is 11. The smallest absolute Gasteiger partial charge is 0.408 e. The third kappa shape index (κ3) is 8.79. The molecule has 9 nitrogen and oxygen atoms in total.